The molecule has 1 saturated carbocycles. The monoisotopic (exact) mass is 181 g/mol. The molecule has 1 fully saturated rings. The summed E-state index contributed by atoms with van der Waals surface area (Å²) in [6.45, 7) is 0.303. The summed E-state index contributed by atoms with van der Waals surface area (Å²) in [4.78, 5) is 0. The minimum atomic E-state index is 0.0757. The number of hydrogen-bond donors (Lipinski definition) is 2. The molecule has 2 aliphatic rings. The van der Waals surface area contributed by atoms with Gasteiger partial charge in [0.2, 0.25) is 0 Å². The van der Waals surface area contributed by atoms with Crippen LogP contribution in [0.4, 0.5) is 0 Å². The van der Waals surface area contributed by atoms with Gasteiger partial charge in [-0.3, -0.25) is 0 Å². The van der Waals surface area contributed by atoms with E-state index in [1.807, 2.05) is 0 Å². The van der Waals surface area contributed by atoms with Gasteiger partial charge in [0.1, 0.15) is 0 Å². The first-order valence-electron chi connectivity index (χ1n) is 5.40. The molecule has 0 spiro atoms. The zero-order valence-corrected chi connectivity index (χ0v) is 8.13. The van der Waals surface area contributed by atoms with Crippen LogP contribution in [0.5, 0.6) is 0 Å². The topological polar surface area (TPSA) is 32.3 Å². The van der Waals surface area contributed by atoms with Crippen LogP contribution in [0, 0.1) is 0 Å². The minimum Gasteiger partial charge on any atom is -0.394 e. The molecule has 0 aromatic rings. The maximum Gasteiger partial charge on any atom is 0.0613 e. The Kier molecular flexibility index (Phi) is 2.70. The quantitative estimate of drug-likeness (QED) is 0.648. The molecule has 0 radical (unpaired) electrons. The molecule has 1 unspecified atom stereocenters. The van der Waals surface area contributed by atoms with Crippen molar-refractivity contribution in [1.82, 2.24) is 5.32 Å². The SMILES string of the molecule is OCC1(NC2C=CCCC2)CCC1. The Balaban J connectivity index is 1.88. The van der Waals surface area contributed by atoms with Crippen molar-refractivity contribution in [2.24, 2.45) is 0 Å². The fourth-order valence-corrected chi connectivity index (χ4v) is 2.28. The van der Waals surface area contributed by atoms with Gasteiger partial charge in [0.25, 0.3) is 0 Å². The number of hydrogen-bond acceptors (Lipinski definition) is 2. The number of rotatable bonds is 3. The molecule has 0 aromatic heterocycles. The molecule has 2 nitrogen and oxygen atoms in total. The van der Waals surface area contributed by atoms with Gasteiger partial charge in [-0.1, -0.05) is 12.2 Å². The fraction of sp³-hybridized carbons (Fsp3) is 0.818. The van der Waals surface area contributed by atoms with E-state index in [2.05, 4.69) is 17.5 Å². The number of allylic oxidation sites excluding steroid dienone is 1. The second-order valence-corrected chi connectivity index (χ2v) is 4.40. The maximum absolute atomic E-state index is 9.28. The van der Waals surface area contributed by atoms with Gasteiger partial charge in [-0.15, -0.1) is 0 Å². The Morgan fingerprint density at radius 2 is 2.23 bits per heavy atom. The van der Waals surface area contributed by atoms with Crippen molar-refractivity contribution in [1.29, 1.82) is 0 Å². The molecule has 13 heavy (non-hydrogen) atoms. The molecule has 0 saturated heterocycles. The van der Waals surface area contributed by atoms with E-state index in [0.717, 1.165) is 12.8 Å². The van der Waals surface area contributed by atoms with Crippen LogP contribution in [0.2, 0.25) is 0 Å². The van der Waals surface area contributed by atoms with Gasteiger partial charge < -0.3 is 10.4 Å². The standard InChI is InChI=1S/C11H19NO/c13-9-11(7-4-8-11)12-10-5-2-1-3-6-10/h2,5,10,12-13H,1,3-4,6-9H2. The predicted octanol–water partition coefficient (Wildman–Crippen LogP) is 1.60. The lowest BCUT2D eigenvalue weighted by molar-refractivity contribution is 0.0803. The predicted molar refractivity (Wildman–Crippen MR) is 53.6 cm³/mol. The van der Waals surface area contributed by atoms with E-state index < -0.39 is 0 Å². The summed E-state index contributed by atoms with van der Waals surface area (Å²) in [7, 11) is 0. The van der Waals surface area contributed by atoms with Gasteiger partial charge in [0, 0.05) is 11.6 Å². The Bertz CT molecular complexity index is 191. The molecular weight excluding hydrogens is 162 g/mol. The summed E-state index contributed by atoms with van der Waals surface area (Å²) in [6.07, 6.45) is 11.8. The van der Waals surface area contributed by atoms with E-state index >= 15 is 0 Å². The van der Waals surface area contributed by atoms with Crippen LogP contribution in [0.1, 0.15) is 38.5 Å². The molecule has 74 valence electrons. The Labute approximate surface area is 80.0 Å². The normalized spacial score (nSPS) is 31.3. The van der Waals surface area contributed by atoms with Crippen molar-refractivity contribution < 1.29 is 5.11 Å². The fourth-order valence-electron chi connectivity index (χ4n) is 2.28. The van der Waals surface area contributed by atoms with Crippen LogP contribution in [-0.4, -0.2) is 23.3 Å². The average molecular weight is 181 g/mol. The van der Waals surface area contributed by atoms with Crippen molar-refractivity contribution in [3.63, 3.8) is 0 Å². The molecule has 0 bridgehead atoms. The summed E-state index contributed by atoms with van der Waals surface area (Å²) in [6, 6.07) is 0.515. The van der Waals surface area contributed by atoms with Crippen molar-refractivity contribution >= 4 is 0 Å². The highest BCUT2D eigenvalue weighted by Crippen LogP contribution is 2.32. The van der Waals surface area contributed by atoms with Crippen LogP contribution < -0.4 is 5.32 Å². The van der Waals surface area contributed by atoms with Crippen LogP contribution in [0.25, 0.3) is 0 Å². The van der Waals surface area contributed by atoms with E-state index in [0.29, 0.717) is 12.6 Å². The van der Waals surface area contributed by atoms with E-state index in [1.165, 1.54) is 25.7 Å². The van der Waals surface area contributed by atoms with Gasteiger partial charge in [-0.2, -0.15) is 0 Å². The third-order valence-corrected chi connectivity index (χ3v) is 3.36. The molecule has 0 amide bonds. The Morgan fingerprint density at radius 3 is 2.69 bits per heavy atom. The first kappa shape index (κ1) is 9.22. The maximum atomic E-state index is 9.28. The smallest absolute Gasteiger partial charge is 0.0613 e. The second kappa shape index (κ2) is 3.81. The average Bonchev–Trinajstić information content (AvgIpc) is 2.13. The zero-order valence-electron chi connectivity index (χ0n) is 8.13. The summed E-state index contributed by atoms with van der Waals surface area (Å²) in [5.41, 5.74) is 0.0757. The van der Waals surface area contributed by atoms with Gasteiger partial charge in [-0.05, 0) is 38.5 Å². The van der Waals surface area contributed by atoms with Crippen LogP contribution >= 0.6 is 0 Å². The summed E-state index contributed by atoms with van der Waals surface area (Å²) >= 11 is 0. The summed E-state index contributed by atoms with van der Waals surface area (Å²) < 4.78 is 0. The third-order valence-electron chi connectivity index (χ3n) is 3.36. The Morgan fingerprint density at radius 1 is 1.38 bits per heavy atom. The van der Waals surface area contributed by atoms with Crippen LogP contribution in [0.3, 0.4) is 0 Å². The molecule has 0 aliphatic heterocycles. The lowest BCUT2D eigenvalue weighted by atomic mass is 9.76. The first-order valence-corrected chi connectivity index (χ1v) is 5.40. The van der Waals surface area contributed by atoms with Gasteiger partial charge in [0.15, 0.2) is 0 Å². The summed E-state index contributed by atoms with van der Waals surface area (Å²) in [5.74, 6) is 0. The van der Waals surface area contributed by atoms with Crippen molar-refractivity contribution in [2.75, 3.05) is 6.61 Å². The van der Waals surface area contributed by atoms with Crippen LogP contribution in [0.15, 0.2) is 12.2 Å². The van der Waals surface area contributed by atoms with E-state index in [1.54, 1.807) is 0 Å². The third kappa shape index (κ3) is 1.94. The van der Waals surface area contributed by atoms with E-state index in [-0.39, 0.29) is 5.54 Å². The Hall–Kier alpha value is -0.340. The van der Waals surface area contributed by atoms with E-state index in [4.69, 9.17) is 0 Å². The highest BCUT2D eigenvalue weighted by molar-refractivity contribution is 5.04. The van der Waals surface area contributed by atoms with Crippen molar-refractivity contribution in [3.8, 4) is 0 Å². The molecule has 2 rings (SSSR count). The summed E-state index contributed by atoms with van der Waals surface area (Å²) in [5, 5.41) is 12.9. The highest BCUT2D eigenvalue weighted by Gasteiger charge is 2.37. The molecule has 1 atom stereocenters. The van der Waals surface area contributed by atoms with Crippen molar-refractivity contribution in [2.45, 2.75) is 50.1 Å². The lowest BCUT2D eigenvalue weighted by Crippen LogP contribution is -2.57. The van der Waals surface area contributed by atoms with Gasteiger partial charge >= 0.3 is 0 Å². The molecule has 0 aromatic carbocycles. The lowest BCUT2D eigenvalue weighted by Gasteiger charge is -2.43. The molecule has 2 aliphatic carbocycles. The number of aliphatic hydroxyl groups is 1. The minimum absolute atomic E-state index is 0.0757. The molecule has 0 heterocycles. The number of nitrogens with one attached hydrogen (secondary N) is 1. The first-order chi connectivity index (χ1) is 6.35. The van der Waals surface area contributed by atoms with Crippen molar-refractivity contribution in [3.05, 3.63) is 12.2 Å². The number of aliphatic hydroxyl groups excluding tert-OH is 1. The molecule has 2 N–H and O–H groups in total. The molecular formula is C11H19NO. The zero-order chi connectivity index (χ0) is 9.15. The highest BCUT2D eigenvalue weighted by atomic mass is 16.3. The van der Waals surface area contributed by atoms with Gasteiger partial charge in [0.05, 0.1) is 6.61 Å². The second-order valence-electron chi connectivity index (χ2n) is 4.40. The largest absolute Gasteiger partial charge is 0.394 e. The van der Waals surface area contributed by atoms with E-state index in [9.17, 15) is 5.11 Å². The van der Waals surface area contributed by atoms with Gasteiger partial charge in [-0.25, -0.2) is 0 Å². The van der Waals surface area contributed by atoms with Crippen LogP contribution in [-0.2, 0) is 0 Å². The molecule has 2 heteroatoms.